The maximum absolute atomic E-state index is 12.6. The van der Waals surface area contributed by atoms with Crippen LogP contribution in [0.5, 0.6) is 0 Å². The molecular weight excluding hydrogens is 418 g/mol. The lowest BCUT2D eigenvalue weighted by atomic mass is 10.1. The van der Waals surface area contributed by atoms with Crippen LogP contribution in [0.25, 0.3) is 11.8 Å². The van der Waals surface area contributed by atoms with Gasteiger partial charge in [0.15, 0.2) is 0 Å². The highest BCUT2D eigenvalue weighted by atomic mass is 79.9. The minimum atomic E-state index is -0.665. The molecule has 0 atom stereocenters. The van der Waals surface area contributed by atoms with Gasteiger partial charge in [-0.2, -0.15) is 0 Å². The number of benzene rings is 1. The lowest BCUT2D eigenvalue weighted by molar-refractivity contribution is -0.137. The molecule has 0 fully saturated rings. The second-order valence-electron chi connectivity index (χ2n) is 5.56. The predicted octanol–water partition coefficient (Wildman–Crippen LogP) is 1.64. The minimum Gasteiger partial charge on any atom is -0.463 e. The summed E-state index contributed by atoms with van der Waals surface area (Å²) in [6.07, 6.45) is 2.70. The first-order chi connectivity index (χ1) is 12.8. The van der Waals surface area contributed by atoms with Crippen LogP contribution >= 0.6 is 15.9 Å². The highest BCUT2D eigenvalue weighted by molar-refractivity contribution is 9.10. The molecule has 8 nitrogen and oxygen atoms in total. The van der Waals surface area contributed by atoms with Crippen LogP contribution in [0.15, 0.2) is 39.6 Å². The van der Waals surface area contributed by atoms with Crippen LogP contribution in [0.4, 0.5) is 5.82 Å². The Morgan fingerprint density at radius 1 is 1.26 bits per heavy atom. The molecule has 1 aromatic carbocycles. The van der Waals surface area contributed by atoms with E-state index in [1.54, 1.807) is 25.1 Å². The van der Waals surface area contributed by atoms with Crippen molar-refractivity contribution in [1.82, 2.24) is 9.88 Å². The van der Waals surface area contributed by atoms with Gasteiger partial charge in [0.25, 0.3) is 17.4 Å². The molecule has 3 rings (SSSR count). The van der Waals surface area contributed by atoms with Crippen molar-refractivity contribution in [2.24, 2.45) is 0 Å². The van der Waals surface area contributed by atoms with E-state index < -0.39 is 23.3 Å². The fourth-order valence-electron chi connectivity index (χ4n) is 2.74. The molecule has 0 radical (unpaired) electrons. The van der Waals surface area contributed by atoms with Gasteiger partial charge in [0, 0.05) is 22.2 Å². The maximum atomic E-state index is 12.6. The number of carbonyl (C=O) groups is 3. The van der Waals surface area contributed by atoms with E-state index in [0.717, 1.165) is 10.6 Å². The van der Waals surface area contributed by atoms with Crippen molar-refractivity contribution in [2.45, 2.75) is 6.92 Å². The number of imide groups is 1. The number of rotatable bonds is 4. The van der Waals surface area contributed by atoms with Crippen molar-refractivity contribution in [3.63, 3.8) is 0 Å². The third-order valence-electron chi connectivity index (χ3n) is 3.87. The Morgan fingerprint density at radius 2 is 2.00 bits per heavy atom. The molecule has 2 aromatic rings. The number of fused-ring (bicyclic) bond motifs is 1. The first-order valence-corrected chi connectivity index (χ1v) is 8.68. The van der Waals surface area contributed by atoms with Crippen molar-refractivity contribution >= 4 is 45.6 Å². The summed E-state index contributed by atoms with van der Waals surface area (Å²) in [4.78, 5) is 48.0. The molecule has 9 heteroatoms. The van der Waals surface area contributed by atoms with Crippen molar-refractivity contribution in [3.05, 3.63) is 61.9 Å². The van der Waals surface area contributed by atoms with Crippen LogP contribution in [-0.4, -0.2) is 29.0 Å². The monoisotopic (exact) mass is 431 g/mol. The van der Waals surface area contributed by atoms with Crippen molar-refractivity contribution in [1.29, 1.82) is 0 Å². The number of carbonyl (C=O) groups excluding carboxylic acids is 3. The third kappa shape index (κ3) is 3.41. The number of hydrogen-bond donors (Lipinski definition) is 2. The number of nitrogens with zero attached hydrogens (tertiary/aromatic N) is 1. The number of ether oxygens (including phenoxy) is 1. The van der Waals surface area contributed by atoms with Gasteiger partial charge in [-0.1, -0.05) is 15.9 Å². The zero-order valence-electron chi connectivity index (χ0n) is 14.1. The van der Waals surface area contributed by atoms with E-state index in [9.17, 15) is 19.2 Å². The fraction of sp³-hybridized carbons (Fsp3) is 0.111. The zero-order valence-corrected chi connectivity index (χ0v) is 15.7. The molecule has 2 heterocycles. The predicted molar refractivity (Wildman–Crippen MR) is 102 cm³/mol. The molecule has 2 amide bonds. The van der Waals surface area contributed by atoms with E-state index in [4.69, 9.17) is 10.5 Å². The molecule has 138 valence electrons. The zero-order chi connectivity index (χ0) is 19.7. The first-order valence-electron chi connectivity index (χ1n) is 7.89. The van der Waals surface area contributed by atoms with Crippen molar-refractivity contribution in [3.8, 4) is 5.69 Å². The average molecular weight is 432 g/mol. The summed E-state index contributed by atoms with van der Waals surface area (Å²) in [5.41, 5.74) is 6.19. The van der Waals surface area contributed by atoms with Crippen molar-refractivity contribution < 1.29 is 19.1 Å². The Morgan fingerprint density at radius 3 is 2.70 bits per heavy atom. The number of nitrogens with one attached hydrogen (secondary N) is 1. The number of aromatic nitrogens is 1. The van der Waals surface area contributed by atoms with E-state index in [1.807, 2.05) is 0 Å². The summed E-state index contributed by atoms with van der Waals surface area (Å²) in [7, 11) is 0. The van der Waals surface area contributed by atoms with Crippen LogP contribution in [-0.2, 0) is 9.53 Å². The second kappa shape index (κ2) is 7.20. The smallest absolute Gasteiger partial charge is 0.330 e. The maximum Gasteiger partial charge on any atom is 0.330 e. The molecule has 1 aliphatic rings. The highest BCUT2D eigenvalue weighted by Crippen LogP contribution is 2.26. The Labute approximate surface area is 161 Å². The van der Waals surface area contributed by atoms with Crippen LogP contribution in [0.2, 0.25) is 0 Å². The lowest BCUT2D eigenvalue weighted by Gasteiger charge is -2.14. The minimum absolute atomic E-state index is 0.0529. The molecule has 0 spiro atoms. The lowest BCUT2D eigenvalue weighted by Crippen LogP contribution is -2.24. The van der Waals surface area contributed by atoms with Gasteiger partial charge < -0.3 is 10.5 Å². The number of halogens is 1. The van der Waals surface area contributed by atoms with Gasteiger partial charge in [-0.05, 0) is 31.2 Å². The second-order valence-corrected chi connectivity index (χ2v) is 6.48. The summed E-state index contributed by atoms with van der Waals surface area (Å²) in [5, 5.41) is 2.11. The van der Waals surface area contributed by atoms with Gasteiger partial charge >= 0.3 is 5.97 Å². The quantitative estimate of drug-likeness (QED) is 0.431. The molecule has 1 aliphatic heterocycles. The SMILES string of the molecule is CCOC(=O)C=Cc1cc(Br)ccc1-n1c(N)c2c(cc1=O)C(=O)NC2=O. The number of hydrogen-bond acceptors (Lipinski definition) is 6. The van der Waals surface area contributed by atoms with E-state index in [0.29, 0.717) is 15.7 Å². The van der Waals surface area contributed by atoms with Gasteiger partial charge in [0.2, 0.25) is 0 Å². The van der Waals surface area contributed by atoms with Crippen LogP contribution < -0.4 is 16.6 Å². The fourth-order valence-corrected chi connectivity index (χ4v) is 3.12. The van der Waals surface area contributed by atoms with Gasteiger partial charge in [-0.25, -0.2) is 4.79 Å². The molecular formula is C18H14BrN3O5. The summed E-state index contributed by atoms with van der Waals surface area (Å²) in [5.74, 6) is -2.03. The normalized spacial score (nSPS) is 13.0. The number of amides is 2. The highest BCUT2D eigenvalue weighted by Gasteiger charge is 2.32. The standard InChI is InChI=1S/C18H14BrN3O5/c1-2-27-14(24)6-3-9-7-10(19)4-5-12(9)22-13(23)8-11-15(16(22)20)18(26)21-17(11)25/h3-8H,2,20H2,1H3,(H,21,25,26). The molecule has 0 saturated carbocycles. The molecule has 3 N–H and O–H groups in total. The van der Waals surface area contributed by atoms with Crippen LogP contribution in [0, 0.1) is 0 Å². The van der Waals surface area contributed by atoms with Gasteiger partial charge in [-0.15, -0.1) is 0 Å². The summed E-state index contributed by atoms with van der Waals surface area (Å²) in [6, 6.07) is 6.03. The van der Waals surface area contributed by atoms with E-state index in [1.165, 1.54) is 12.2 Å². The number of anilines is 1. The van der Waals surface area contributed by atoms with E-state index in [-0.39, 0.29) is 23.6 Å². The van der Waals surface area contributed by atoms with E-state index >= 15 is 0 Å². The first kappa shape index (κ1) is 18.6. The Balaban J connectivity index is 2.20. The molecule has 27 heavy (non-hydrogen) atoms. The van der Waals surface area contributed by atoms with Crippen LogP contribution in [0.1, 0.15) is 33.2 Å². The molecule has 0 bridgehead atoms. The summed E-state index contributed by atoms with van der Waals surface area (Å²) < 4.78 is 6.68. The molecule has 1 aromatic heterocycles. The van der Waals surface area contributed by atoms with Gasteiger partial charge in [0.05, 0.1) is 23.4 Å². The van der Waals surface area contributed by atoms with Gasteiger partial charge in [-0.3, -0.25) is 24.3 Å². The Kier molecular flexibility index (Phi) is 4.95. The number of pyridine rings is 1. The number of nitrogens with two attached hydrogens (primary N) is 1. The number of nitrogen functional groups attached to an aromatic ring is 1. The number of esters is 1. The Hall–Kier alpha value is -3.20. The summed E-state index contributed by atoms with van der Waals surface area (Å²) >= 11 is 3.33. The van der Waals surface area contributed by atoms with Crippen molar-refractivity contribution in [2.75, 3.05) is 12.3 Å². The third-order valence-corrected chi connectivity index (χ3v) is 4.36. The Bertz CT molecular complexity index is 1070. The van der Waals surface area contributed by atoms with E-state index in [2.05, 4.69) is 21.2 Å². The average Bonchev–Trinajstić information content (AvgIpc) is 2.88. The van der Waals surface area contributed by atoms with Crippen LogP contribution in [0.3, 0.4) is 0 Å². The molecule has 0 aliphatic carbocycles. The topological polar surface area (TPSA) is 120 Å². The van der Waals surface area contributed by atoms with Gasteiger partial charge in [0.1, 0.15) is 5.82 Å². The molecule has 0 unspecified atom stereocenters. The summed E-state index contributed by atoms with van der Waals surface area (Å²) in [6.45, 7) is 1.92. The largest absolute Gasteiger partial charge is 0.463 e. The molecule has 0 saturated heterocycles.